The Balaban J connectivity index is 2.38. The van der Waals surface area contributed by atoms with E-state index in [9.17, 15) is 14.7 Å². The van der Waals surface area contributed by atoms with Crippen molar-refractivity contribution in [3.8, 4) is 0 Å². The van der Waals surface area contributed by atoms with Crippen molar-refractivity contribution < 1.29 is 19.4 Å². The van der Waals surface area contributed by atoms with Crippen molar-refractivity contribution in [2.45, 2.75) is 44.9 Å². The van der Waals surface area contributed by atoms with Crippen LogP contribution in [0.2, 0.25) is 0 Å². The lowest BCUT2D eigenvalue weighted by Gasteiger charge is -2.61. The molecule has 1 N–H and O–H groups in total. The van der Waals surface area contributed by atoms with Gasteiger partial charge >= 0.3 is 5.97 Å². The summed E-state index contributed by atoms with van der Waals surface area (Å²) >= 11 is 0. The predicted octanol–water partition coefficient (Wildman–Crippen LogP) is 1.69. The number of carbonyl (C=O) groups is 2. The first kappa shape index (κ1) is 15.5. The quantitative estimate of drug-likeness (QED) is 0.680. The van der Waals surface area contributed by atoms with Gasteiger partial charge in [-0.3, -0.25) is 4.79 Å². The molecule has 1 aromatic rings. The smallest absolute Gasteiger partial charge is 0.337 e. The normalized spacial score (nSPS) is 24.0. The zero-order valence-electron chi connectivity index (χ0n) is 13.0. The molecule has 21 heavy (non-hydrogen) atoms. The van der Waals surface area contributed by atoms with E-state index in [4.69, 9.17) is 0 Å². The van der Waals surface area contributed by atoms with Crippen LogP contribution in [0, 0.1) is 0 Å². The summed E-state index contributed by atoms with van der Waals surface area (Å²) in [7, 11) is 1.31. The predicted molar refractivity (Wildman–Crippen MR) is 77.7 cm³/mol. The molecule has 114 valence electrons. The molecular weight excluding hydrogens is 270 g/mol. The molecule has 0 unspecified atom stereocenters. The minimum atomic E-state index is -1.56. The summed E-state index contributed by atoms with van der Waals surface area (Å²) in [5.74, 6) is -0.759. The minimum absolute atomic E-state index is 0.0158. The van der Waals surface area contributed by atoms with Crippen molar-refractivity contribution in [3.05, 3.63) is 35.4 Å². The summed E-state index contributed by atoms with van der Waals surface area (Å²) < 4.78 is 4.64. The van der Waals surface area contributed by atoms with E-state index in [0.29, 0.717) is 11.1 Å². The molecule has 0 radical (unpaired) electrons. The lowest BCUT2D eigenvalue weighted by Crippen LogP contribution is -2.79. The van der Waals surface area contributed by atoms with Crippen LogP contribution in [-0.4, -0.2) is 40.6 Å². The van der Waals surface area contributed by atoms with Crippen LogP contribution in [0.4, 0.5) is 0 Å². The Morgan fingerprint density at radius 1 is 1.24 bits per heavy atom. The number of amides is 1. The van der Waals surface area contributed by atoms with E-state index < -0.39 is 17.1 Å². The molecule has 5 heteroatoms. The zero-order valence-corrected chi connectivity index (χ0v) is 13.0. The Morgan fingerprint density at radius 2 is 1.76 bits per heavy atom. The fourth-order valence-electron chi connectivity index (χ4n) is 3.13. The number of benzene rings is 1. The van der Waals surface area contributed by atoms with E-state index in [2.05, 4.69) is 4.74 Å². The van der Waals surface area contributed by atoms with Crippen LogP contribution in [0.3, 0.4) is 0 Å². The van der Waals surface area contributed by atoms with Crippen LogP contribution < -0.4 is 0 Å². The molecule has 1 saturated heterocycles. The van der Waals surface area contributed by atoms with Gasteiger partial charge in [-0.15, -0.1) is 0 Å². The van der Waals surface area contributed by atoms with Crippen molar-refractivity contribution in [2.24, 2.45) is 0 Å². The average Bonchev–Trinajstić information content (AvgIpc) is 2.44. The van der Waals surface area contributed by atoms with Crippen LogP contribution in [0.25, 0.3) is 0 Å². The summed E-state index contributed by atoms with van der Waals surface area (Å²) in [6.45, 7) is 7.50. The third-order valence-electron chi connectivity index (χ3n) is 4.26. The maximum atomic E-state index is 12.4. The lowest BCUT2D eigenvalue weighted by atomic mass is 9.66. The van der Waals surface area contributed by atoms with Crippen molar-refractivity contribution in [1.29, 1.82) is 0 Å². The summed E-state index contributed by atoms with van der Waals surface area (Å²) in [6.07, 6.45) is 0. The first-order valence-corrected chi connectivity index (χ1v) is 6.93. The zero-order chi connectivity index (χ0) is 16.0. The average molecular weight is 291 g/mol. The Hall–Kier alpha value is -1.88. The summed E-state index contributed by atoms with van der Waals surface area (Å²) in [4.78, 5) is 25.5. The highest BCUT2D eigenvalue weighted by molar-refractivity contribution is 5.96. The van der Waals surface area contributed by atoms with Crippen LogP contribution in [-0.2, 0) is 15.1 Å². The number of methoxy groups -OCH3 is 1. The van der Waals surface area contributed by atoms with E-state index in [1.165, 1.54) is 7.11 Å². The van der Waals surface area contributed by atoms with Gasteiger partial charge in [0.25, 0.3) is 5.91 Å². The maximum absolute atomic E-state index is 12.4. The van der Waals surface area contributed by atoms with Gasteiger partial charge in [-0.2, -0.15) is 0 Å². The third kappa shape index (κ3) is 1.95. The van der Waals surface area contributed by atoms with Crippen LogP contribution in [0.15, 0.2) is 24.3 Å². The molecule has 0 spiro atoms. The molecule has 1 heterocycles. The number of nitrogens with zero attached hydrogens (tertiary/aromatic N) is 1. The largest absolute Gasteiger partial charge is 0.465 e. The number of ether oxygens (including phenoxy) is 1. The molecule has 1 amide bonds. The van der Waals surface area contributed by atoms with Crippen LogP contribution in [0.5, 0.6) is 0 Å². The van der Waals surface area contributed by atoms with Gasteiger partial charge in [-0.25, -0.2) is 4.79 Å². The molecule has 0 bridgehead atoms. The Bertz CT molecular complexity index is 576. The highest BCUT2D eigenvalue weighted by Gasteiger charge is 2.67. The van der Waals surface area contributed by atoms with Gasteiger partial charge in [-0.05, 0) is 45.4 Å². The van der Waals surface area contributed by atoms with E-state index in [-0.39, 0.29) is 11.9 Å². The Morgan fingerprint density at radius 3 is 2.14 bits per heavy atom. The number of hydrogen-bond donors (Lipinski definition) is 1. The Labute approximate surface area is 124 Å². The molecule has 1 aromatic carbocycles. The number of likely N-dealkylation sites (tertiary alicyclic amines) is 1. The number of rotatable bonds is 3. The van der Waals surface area contributed by atoms with Gasteiger partial charge < -0.3 is 14.7 Å². The highest BCUT2D eigenvalue weighted by atomic mass is 16.5. The number of esters is 1. The van der Waals surface area contributed by atoms with Gasteiger partial charge in [0, 0.05) is 6.04 Å². The molecule has 1 atom stereocenters. The van der Waals surface area contributed by atoms with Crippen molar-refractivity contribution >= 4 is 11.9 Å². The molecule has 1 aliphatic heterocycles. The monoisotopic (exact) mass is 291 g/mol. The Kier molecular flexibility index (Phi) is 3.58. The standard InChI is InChI=1S/C16H21NO4/c1-10(2)17-14(19)16(20,15(17,3)4)12-8-6-11(7-9-12)13(18)21-5/h6-10,20H,1-5H3/t16-/m1/s1. The number of aliphatic hydroxyl groups is 1. The van der Waals surface area contributed by atoms with E-state index in [0.717, 1.165) is 0 Å². The van der Waals surface area contributed by atoms with E-state index in [1.807, 2.05) is 27.7 Å². The SMILES string of the molecule is COC(=O)c1ccc([C@@]2(O)C(=O)N(C(C)C)C2(C)C)cc1. The highest BCUT2D eigenvalue weighted by Crippen LogP contribution is 2.49. The van der Waals surface area contributed by atoms with Gasteiger partial charge in [0.05, 0.1) is 18.2 Å². The van der Waals surface area contributed by atoms with E-state index in [1.54, 1.807) is 29.2 Å². The molecule has 0 saturated carbocycles. The molecule has 2 rings (SSSR count). The fourth-order valence-corrected chi connectivity index (χ4v) is 3.13. The summed E-state index contributed by atoms with van der Waals surface area (Å²) in [6, 6.07) is 6.33. The molecular formula is C16H21NO4. The summed E-state index contributed by atoms with van der Waals surface area (Å²) in [5, 5.41) is 10.9. The van der Waals surface area contributed by atoms with Crippen LogP contribution in [0.1, 0.15) is 43.6 Å². The van der Waals surface area contributed by atoms with Crippen LogP contribution >= 0.6 is 0 Å². The molecule has 1 fully saturated rings. The second kappa shape index (κ2) is 4.84. The van der Waals surface area contributed by atoms with Gasteiger partial charge in [0.15, 0.2) is 5.60 Å². The lowest BCUT2D eigenvalue weighted by molar-refractivity contribution is -0.221. The summed E-state index contributed by atoms with van der Waals surface area (Å²) in [5.41, 5.74) is -1.39. The topological polar surface area (TPSA) is 66.8 Å². The maximum Gasteiger partial charge on any atom is 0.337 e. The second-order valence-corrected chi connectivity index (χ2v) is 6.11. The van der Waals surface area contributed by atoms with Gasteiger partial charge in [0.1, 0.15) is 0 Å². The molecule has 0 aliphatic carbocycles. The number of carbonyl (C=O) groups excluding carboxylic acids is 2. The number of β-lactam (4-membered cyclic amide) rings is 1. The molecule has 1 aliphatic rings. The van der Waals surface area contributed by atoms with Crippen molar-refractivity contribution in [2.75, 3.05) is 7.11 Å². The van der Waals surface area contributed by atoms with Gasteiger partial charge in [-0.1, -0.05) is 12.1 Å². The van der Waals surface area contributed by atoms with Crippen molar-refractivity contribution in [3.63, 3.8) is 0 Å². The second-order valence-electron chi connectivity index (χ2n) is 6.11. The molecule has 0 aromatic heterocycles. The molecule has 5 nitrogen and oxygen atoms in total. The minimum Gasteiger partial charge on any atom is -0.465 e. The third-order valence-corrected chi connectivity index (χ3v) is 4.26. The first-order valence-electron chi connectivity index (χ1n) is 6.93. The first-order chi connectivity index (χ1) is 9.67. The fraction of sp³-hybridized carbons (Fsp3) is 0.500. The van der Waals surface area contributed by atoms with E-state index >= 15 is 0 Å². The van der Waals surface area contributed by atoms with Crippen molar-refractivity contribution in [1.82, 2.24) is 4.90 Å². The number of hydrogen-bond acceptors (Lipinski definition) is 4. The van der Waals surface area contributed by atoms with Gasteiger partial charge in [0.2, 0.25) is 0 Å².